The Labute approximate surface area is 158 Å². The second kappa shape index (κ2) is 5.39. The lowest BCUT2D eigenvalue weighted by atomic mass is 10.1. The van der Waals surface area contributed by atoms with Crippen LogP contribution in [0.2, 0.25) is 0 Å². The Kier molecular flexibility index (Phi) is 2.95. The Balaban J connectivity index is 1.78. The van der Waals surface area contributed by atoms with Gasteiger partial charge in [-0.1, -0.05) is 24.3 Å². The van der Waals surface area contributed by atoms with E-state index in [1.165, 1.54) is 24.3 Å². The smallest absolute Gasteiger partial charge is 0.123 e. The van der Waals surface area contributed by atoms with E-state index in [0.717, 1.165) is 33.0 Å². The van der Waals surface area contributed by atoms with Gasteiger partial charge in [-0.15, -0.1) is 0 Å². The number of hydrogen-bond acceptors (Lipinski definition) is 1. The van der Waals surface area contributed by atoms with Crippen LogP contribution in [-0.4, -0.2) is 14.2 Å². The summed E-state index contributed by atoms with van der Waals surface area (Å²) in [6, 6.07) is 19.4. The minimum atomic E-state index is -0.346. The van der Waals surface area contributed by atoms with Crippen LogP contribution < -0.4 is 0 Å². The Bertz CT molecular complexity index is 1480. The molecule has 0 saturated heterocycles. The molecule has 0 unspecified atom stereocenters. The van der Waals surface area contributed by atoms with E-state index < -0.39 is 0 Å². The molecule has 6 rings (SSSR count). The van der Waals surface area contributed by atoms with Crippen molar-refractivity contribution in [3.05, 3.63) is 90.8 Å². The van der Waals surface area contributed by atoms with Gasteiger partial charge in [-0.3, -0.25) is 0 Å². The van der Waals surface area contributed by atoms with Gasteiger partial charge < -0.3 is 4.57 Å². The summed E-state index contributed by atoms with van der Waals surface area (Å²) in [5, 5.41) is 8.07. The molecule has 5 heteroatoms. The summed E-state index contributed by atoms with van der Waals surface area (Å²) in [7, 11) is 0. The first-order valence-electron chi connectivity index (χ1n) is 8.95. The standard InChI is InChI=1S/C23H13F2N3/c24-16-5-7-20-18(10-16)19-11-17(25)6-8-21(19)28(20)23-12-26-27-13-15-4-2-1-3-14(15)9-22(23)27/h1-13H. The van der Waals surface area contributed by atoms with Gasteiger partial charge in [-0.05, 0) is 47.9 Å². The zero-order chi connectivity index (χ0) is 18.8. The van der Waals surface area contributed by atoms with Crippen LogP contribution in [0.1, 0.15) is 0 Å². The quantitative estimate of drug-likeness (QED) is 0.356. The summed E-state index contributed by atoms with van der Waals surface area (Å²) in [5.74, 6) is -0.691. The number of hydrogen-bond donors (Lipinski definition) is 0. The molecule has 3 aromatic carbocycles. The van der Waals surface area contributed by atoms with E-state index in [4.69, 9.17) is 0 Å². The predicted molar refractivity (Wildman–Crippen MR) is 107 cm³/mol. The largest absolute Gasteiger partial charge is 0.306 e. The molecule has 0 saturated carbocycles. The topological polar surface area (TPSA) is 22.2 Å². The van der Waals surface area contributed by atoms with Crippen LogP contribution in [0.3, 0.4) is 0 Å². The lowest BCUT2D eigenvalue weighted by Crippen LogP contribution is -1.94. The molecule has 3 nitrogen and oxygen atoms in total. The van der Waals surface area contributed by atoms with Gasteiger partial charge in [-0.25, -0.2) is 13.3 Å². The number of fused-ring (bicyclic) bond motifs is 5. The predicted octanol–water partition coefficient (Wildman–Crippen LogP) is 5.86. The normalized spacial score (nSPS) is 11.9. The van der Waals surface area contributed by atoms with Crippen molar-refractivity contribution in [3.63, 3.8) is 0 Å². The molecule has 0 amide bonds. The molecule has 0 aliphatic carbocycles. The van der Waals surface area contributed by atoms with Gasteiger partial charge in [0.25, 0.3) is 0 Å². The number of rotatable bonds is 1. The summed E-state index contributed by atoms with van der Waals surface area (Å²) < 4.78 is 31.7. The van der Waals surface area contributed by atoms with Crippen LogP contribution >= 0.6 is 0 Å². The fourth-order valence-electron chi connectivity index (χ4n) is 4.04. The zero-order valence-corrected chi connectivity index (χ0v) is 14.6. The number of nitrogens with zero attached hydrogens (tertiary/aromatic N) is 3. The van der Waals surface area contributed by atoms with Crippen LogP contribution in [0.15, 0.2) is 79.1 Å². The molecule has 6 aromatic rings. The number of benzene rings is 3. The van der Waals surface area contributed by atoms with Gasteiger partial charge in [0.2, 0.25) is 0 Å². The van der Waals surface area contributed by atoms with E-state index in [1.54, 1.807) is 18.3 Å². The first kappa shape index (κ1) is 15.3. The Morgan fingerprint density at radius 3 is 2.00 bits per heavy atom. The minimum absolute atomic E-state index is 0.346. The lowest BCUT2D eigenvalue weighted by Gasteiger charge is -2.07. The van der Waals surface area contributed by atoms with Crippen molar-refractivity contribution in [2.45, 2.75) is 0 Å². The molecule has 0 fully saturated rings. The molecule has 0 radical (unpaired) electrons. The molecule has 0 bridgehead atoms. The van der Waals surface area contributed by atoms with Crippen molar-refractivity contribution in [2.75, 3.05) is 0 Å². The third-order valence-electron chi connectivity index (χ3n) is 5.29. The molecule has 3 aromatic heterocycles. The summed E-state index contributed by atoms with van der Waals surface area (Å²) in [6.07, 6.45) is 3.78. The summed E-state index contributed by atoms with van der Waals surface area (Å²) >= 11 is 0. The monoisotopic (exact) mass is 369 g/mol. The third-order valence-corrected chi connectivity index (χ3v) is 5.29. The minimum Gasteiger partial charge on any atom is -0.306 e. The van der Waals surface area contributed by atoms with Crippen LogP contribution in [0.25, 0.3) is 43.8 Å². The SMILES string of the molecule is Fc1ccc2c(c1)c1cc(F)ccc1n2-c1cnn2cc3ccccc3cc12. The molecular weight excluding hydrogens is 356 g/mol. The van der Waals surface area contributed by atoms with Crippen molar-refractivity contribution in [1.29, 1.82) is 0 Å². The number of pyridine rings is 1. The summed E-state index contributed by atoms with van der Waals surface area (Å²) in [6.45, 7) is 0. The number of halogens is 2. The lowest BCUT2D eigenvalue weighted by molar-refractivity contribution is 0.628. The highest BCUT2D eigenvalue weighted by molar-refractivity contribution is 6.10. The van der Waals surface area contributed by atoms with Gasteiger partial charge in [0.1, 0.15) is 11.6 Å². The molecule has 3 heterocycles. The first-order valence-corrected chi connectivity index (χ1v) is 8.95. The fourth-order valence-corrected chi connectivity index (χ4v) is 4.04. The van der Waals surface area contributed by atoms with Crippen molar-refractivity contribution in [2.24, 2.45) is 0 Å². The van der Waals surface area contributed by atoms with E-state index in [1.807, 2.05) is 33.5 Å². The second-order valence-electron chi connectivity index (χ2n) is 6.92. The van der Waals surface area contributed by atoms with Crippen LogP contribution in [-0.2, 0) is 0 Å². The summed E-state index contributed by atoms with van der Waals surface area (Å²) in [5.41, 5.74) is 3.41. The van der Waals surface area contributed by atoms with Gasteiger partial charge in [-0.2, -0.15) is 5.10 Å². The summed E-state index contributed by atoms with van der Waals surface area (Å²) in [4.78, 5) is 0. The van der Waals surface area contributed by atoms with E-state index in [9.17, 15) is 8.78 Å². The van der Waals surface area contributed by atoms with Crippen LogP contribution in [0.4, 0.5) is 8.78 Å². The molecule has 0 aliphatic heterocycles. The van der Waals surface area contributed by atoms with Crippen molar-refractivity contribution >= 4 is 38.1 Å². The Hall–Kier alpha value is -3.73. The maximum atomic E-state index is 13.9. The van der Waals surface area contributed by atoms with Crippen molar-refractivity contribution < 1.29 is 8.78 Å². The zero-order valence-electron chi connectivity index (χ0n) is 14.6. The van der Waals surface area contributed by atoms with Crippen LogP contribution in [0.5, 0.6) is 0 Å². The van der Waals surface area contributed by atoms with Crippen molar-refractivity contribution in [3.8, 4) is 5.69 Å². The molecular formula is C23H13F2N3. The van der Waals surface area contributed by atoms with Gasteiger partial charge in [0, 0.05) is 22.4 Å². The van der Waals surface area contributed by atoms with Gasteiger partial charge in [0.15, 0.2) is 0 Å². The van der Waals surface area contributed by atoms with E-state index in [-0.39, 0.29) is 11.6 Å². The van der Waals surface area contributed by atoms with E-state index in [0.29, 0.717) is 10.8 Å². The number of aromatic nitrogens is 3. The molecule has 0 N–H and O–H groups in total. The molecule has 0 aliphatic rings. The fraction of sp³-hybridized carbons (Fsp3) is 0. The van der Waals surface area contributed by atoms with Gasteiger partial charge in [0.05, 0.1) is 28.4 Å². The van der Waals surface area contributed by atoms with Crippen LogP contribution in [0, 0.1) is 11.6 Å². The van der Waals surface area contributed by atoms with E-state index >= 15 is 0 Å². The first-order chi connectivity index (χ1) is 13.7. The van der Waals surface area contributed by atoms with E-state index in [2.05, 4.69) is 17.2 Å². The molecule has 28 heavy (non-hydrogen) atoms. The highest BCUT2D eigenvalue weighted by Crippen LogP contribution is 2.34. The van der Waals surface area contributed by atoms with Gasteiger partial charge >= 0.3 is 0 Å². The molecule has 134 valence electrons. The Morgan fingerprint density at radius 1 is 0.679 bits per heavy atom. The average molecular weight is 369 g/mol. The maximum Gasteiger partial charge on any atom is 0.123 e. The second-order valence-corrected chi connectivity index (χ2v) is 6.92. The Morgan fingerprint density at radius 2 is 1.32 bits per heavy atom. The van der Waals surface area contributed by atoms with Crippen molar-refractivity contribution in [1.82, 2.24) is 14.2 Å². The maximum absolute atomic E-state index is 13.9. The molecule has 0 atom stereocenters. The highest BCUT2D eigenvalue weighted by atomic mass is 19.1. The average Bonchev–Trinajstić information content (AvgIpc) is 3.24. The third kappa shape index (κ3) is 2.04. The highest BCUT2D eigenvalue weighted by Gasteiger charge is 2.17. The molecule has 0 spiro atoms.